The second-order valence-electron chi connectivity index (χ2n) is 5.32. The maximum Gasteiger partial charge on any atom is 0.224 e. The van der Waals surface area contributed by atoms with E-state index in [0.29, 0.717) is 5.95 Å². The summed E-state index contributed by atoms with van der Waals surface area (Å²) in [4.78, 5) is 13.1. The van der Waals surface area contributed by atoms with Crippen molar-refractivity contribution in [3.63, 3.8) is 0 Å². The van der Waals surface area contributed by atoms with Crippen LogP contribution in [0.15, 0.2) is 48.8 Å². The fraction of sp³-hybridized carbons (Fsp3) is 0.167. The Labute approximate surface area is 135 Å². The van der Waals surface area contributed by atoms with E-state index < -0.39 is 0 Å². The molecule has 3 rings (SSSR count). The van der Waals surface area contributed by atoms with Gasteiger partial charge in [-0.3, -0.25) is 4.98 Å². The first kappa shape index (κ1) is 15.0. The lowest BCUT2D eigenvalue weighted by molar-refractivity contribution is 1.15. The molecule has 0 bridgehead atoms. The summed E-state index contributed by atoms with van der Waals surface area (Å²) in [6.45, 7) is 4.20. The molecule has 0 unspecified atom stereocenters. The molecule has 1 aromatic carbocycles. The molecule has 0 aliphatic carbocycles. The Balaban J connectivity index is 2.01. The van der Waals surface area contributed by atoms with Crippen molar-refractivity contribution in [1.82, 2.24) is 15.0 Å². The van der Waals surface area contributed by atoms with Crippen LogP contribution >= 0.6 is 0 Å². The first-order valence-electron chi connectivity index (χ1n) is 7.48. The Bertz CT molecular complexity index is 815. The third-order valence-electron chi connectivity index (χ3n) is 3.79. The standard InChI is InChI=1S/C18H19N5/c1-12-5-4-6-15(13(12)2)21-17-11-16(22-18(19-3)23-17)14-7-9-20-10-8-14/h4-11H,1-3H3,(H2,19,21,22,23). The second-order valence-corrected chi connectivity index (χ2v) is 5.32. The smallest absolute Gasteiger partial charge is 0.224 e. The molecule has 0 saturated heterocycles. The number of rotatable bonds is 4. The van der Waals surface area contributed by atoms with Gasteiger partial charge in [-0.2, -0.15) is 4.98 Å². The number of pyridine rings is 1. The van der Waals surface area contributed by atoms with Crippen molar-refractivity contribution in [2.45, 2.75) is 13.8 Å². The average molecular weight is 305 g/mol. The molecule has 0 atom stereocenters. The summed E-state index contributed by atoms with van der Waals surface area (Å²) >= 11 is 0. The van der Waals surface area contributed by atoms with Crippen molar-refractivity contribution < 1.29 is 0 Å². The average Bonchev–Trinajstić information content (AvgIpc) is 2.59. The van der Waals surface area contributed by atoms with Crippen molar-refractivity contribution in [2.75, 3.05) is 17.7 Å². The first-order valence-corrected chi connectivity index (χ1v) is 7.48. The van der Waals surface area contributed by atoms with Crippen LogP contribution in [0.5, 0.6) is 0 Å². The van der Waals surface area contributed by atoms with Crippen molar-refractivity contribution in [2.24, 2.45) is 0 Å². The lowest BCUT2D eigenvalue weighted by atomic mass is 10.1. The Morgan fingerprint density at radius 2 is 1.74 bits per heavy atom. The predicted molar refractivity (Wildman–Crippen MR) is 94.0 cm³/mol. The molecular weight excluding hydrogens is 286 g/mol. The third kappa shape index (κ3) is 3.29. The number of hydrogen-bond donors (Lipinski definition) is 2. The summed E-state index contributed by atoms with van der Waals surface area (Å²) in [5.41, 5.74) is 5.35. The minimum absolute atomic E-state index is 0.576. The van der Waals surface area contributed by atoms with Gasteiger partial charge in [0, 0.05) is 36.8 Å². The van der Waals surface area contributed by atoms with E-state index in [2.05, 4.69) is 51.6 Å². The zero-order valence-corrected chi connectivity index (χ0v) is 13.5. The van der Waals surface area contributed by atoms with Crippen LogP contribution in [0, 0.1) is 13.8 Å². The highest BCUT2D eigenvalue weighted by atomic mass is 15.1. The minimum Gasteiger partial charge on any atom is -0.357 e. The lowest BCUT2D eigenvalue weighted by Crippen LogP contribution is -2.03. The number of aryl methyl sites for hydroxylation is 1. The zero-order valence-electron chi connectivity index (χ0n) is 13.5. The first-order chi connectivity index (χ1) is 11.2. The molecule has 0 radical (unpaired) electrons. The number of benzene rings is 1. The maximum absolute atomic E-state index is 4.51. The van der Waals surface area contributed by atoms with Gasteiger partial charge in [0.05, 0.1) is 5.69 Å². The summed E-state index contributed by atoms with van der Waals surface area (Å²) in [6, 6.07) is 12.0. The fourth-order valence-corrected chi connectivity index (χ4v) is 2.32. The Kier molecular flexibility index (Phi) is 4.19. The van der Waals surface area contributed by atoms with Gasteiger partial charge < -0.3 is 10.6 Å². The van der Waals surface area contributed by atoms with Crippen LogP contribution in [0.1, 0.15) is 11.1 Å². The number of hydrogen-bond acceptors (Lipinski definition) is 5. The van der Waals surface area contributed by atoms with Crippen LogP contribution < -0.4 is 10.6 Å². The van der Waals surface area contributed by atoms with Gasteiger partial charge in [0.25, 0.3) is 0 Å². The van der Waals surface area contributed by atoms with Crippen LogP contribution in [-0.2, 0) is 0 Å². The van der Waals surface area contributed by atoms with Gasteiger partial charge in [-0.05, 0) is 43.2 Å². The second kappa shape index (κ2) is 6.44. The molecule has 0 saturated carbocycles. The largest absolute Gasteiger partial charge is 0.357 e. The van der Waals surface area contributed by atoms with E-state index >= 15 is 0 Å². The molecule has 0 fully saturated rings. The number of nitrogens with zero attached hydrogens (tertiary/aromatic N) is 3. The van der Waals surface area contributed by atoms with E-state index in [0.717, 1.165) is 22.8 Å². The topological polar surface area (TPSA) is 62.7 Å². The quantitative estimate of drug-likeness (QED) is 0.764. The van der Waals surface area contributed by atoms with Crippen molar-refractivity contribution in [3.05, 3.63) is 59.9 Å². The van der Waals surface area contributed by atoms with Gasteiger partial charge in [0.1, 0.15) is 5.82 Å². The summed E-state index contributed by atoms with van der Waals surface area (Å²) in [5, 5.41) is 6.40. The van der Waals surface area contributed by atoms with E-state index in [-0.39, 0.29) is 0 Å². The molecule has 3 aromatic rings. The molecule has 2 aromatic heterocycles. The Morgan fingerprint density at radius 3 is 2.48 bits per heavy atom. The summed E-state index contributed by atoms with van der Waals surface area (Å²) in [6.07, 6.45) is 3.52. The van der Waals surface area contributed by atoms with Crippen molar-refractivity contribution in [1.29, 1.82) is 0 Å². The zero-order chi connectivity index (χ0) is 16.2. The summed E-state index contributed by atoms with van der Waals surface area (Å²) in [7, 11) is 1.81. The van der Waals surface area contributed by atoms with Crippen molar-refractivity contribution in [3.8, 4) is 11.3 Å². The molecule has 2 N–H and O–H groups in total. The van der Waals surface area contributed by atoms with E-state index in [4.69, 9.17) is 0 Å². The molecule has 2 heterocycles. The molecule has 5 nitrogen and oxygen atoms in total. The van der Waals surface area contributed by atoms with Gasteiger partial charge in [-0.25, -0.2) is 4.98 Å². The molecule has 0 spiro atoms. The maximum atomic E-state index is 4.51. The predicted octanol–water partition coefficient (Wildman–Crippen LogP) is 3.94. The van der Waals surface area contributed by atoms with Gasteiger partial charge in [0.2, 0.25) is 5.95 Å². The monoisotopic (exact) mass is 305 g/mol. The highest BCUT2D eigenvalue weighted by Crippen LogP contribution is 2.25. The molecule has 0 aliphatic rings. The SMILES string of the molecule is CNc1nc(Nc2cccc(C)c2C)cc(-c2ccncc2)n1. The highest BCUT2D eigenvalue weighted by Gasteiger charge is 2.08. The van der Waals surface area contributed by atoms with Crippen molar-refractivity contribution >= 4 is 17.5 Å². The summed E-state index contributed by atoms with van der Waals surface area (Å²) < 4.78 is 0. The van der Waals surface area contributed by atoms with Gasteiger partial charge in [-0.1, -0.05) is 12.1 Å². The molecule has 23 heavy (non-hydrogen) atoms. The number of aromatic nitrogens is 3. The van der Waals surface area contributed by atoms with Crippen LogP contribution in [0.2, 0.25) is 0 Å². The highest BCUT2D eigenvalue weighted by molar-refractivity contribution is 5.68. The molecular formula is C18H19N5. The van der Waals surface area contributed by atoms with Gasteiger partial charge in [-0.15, -0.1) is 0 Å². The fourth-order valence-electron chi connectivity index (χ4n) is 2.32. The normalized spacial score (nSPS) is 10.4. The van der Waals surface area contributed by atoms with Crippen LogP contribution in [0.3, 0.4) is 0 Å². The molecule has 116 valence electrons. The Morgan fingerprint density at radius 1 is 0.957 bits per heavy atom. The van der Waals surface area contributed by atoms with E-state index in [1.54, 1.807) is 12.4 Å². The van der Waals surface area contributed by atoms with E-state index in [1.165, 1.54) is 11.1 Å². The molecule has 0 aliphatic heterocycles. The molecule has 0 amide bonds. The van der Waals surface area contributed by atoms with Crippen LogP contribution in [0.4, 0.5) is 17.5 Å². The minimum atomic E-state index is 0.576. The summed E-state index contributed by atoms with van der Waals surface area (Å²) in [5.74, 6) is 1.33. The lowest BCUT2D eigenvalue weighted by Gasteiger charge is -2.13. The number of nitrogens with one attached hydrogen (secondary N) is 2. The third-order valence-corrected chi connectivity index (χ3v) is 3.79. The number of anilines is 3. The van der Waals surface area contributed by atoms with Crippen LogP contribution in [-0.4, -0.2) is 22.0 Å². The molecule has 5 heteroatoms. The van der Waals surface area contributed by atoms with E-state index in [1.807, 2.05) is 31.3 Å². The van der Waals surface area contributed by atoms with Gasteiger partial charge in [0.15, 0.2) is 0 Å². The van der Waals surface area contributed by atoms with Gasteiger partial charge >= 0.3 is 0 Å². The van der Waals surface area contributed by atoms with Crippen LogP contribution in [0.25, 0.3) is 11.3 Å². The Hall–Kier alpha value is -2.95. The van der Waals surface area contributed by atoms with E-state index in [9.17, 15) is 0 Å².